The lowest BCUT2D eigenvalue weighted by Gasteiger charge is -2.19. The standard InChI is InChI=1S/C22H17BrF4N2O3S/c23-15-6-9-17(10-7-15)33(31,32)29-20(12-14-4-2-1-3-5-14)21(30)28-16-8-11-19(24)18(13-16)22(25,26)27/h1-11,13,20,29H,12H2,(H,28,30)/t20-/m1/s1. The van der Waals surface area contributed by atoms with Crippen molar-refractivity contribution in [2.24, 2.45) is 0 Å². The van der Waals surface area contributed by atoms with Crippen molar-refractivity contribution in [2.45, 2.75) is 23.5 Å². The van der Waals surface area contributed by atoms with Crippen LogP contribution in [0.3, 0.4) is 0 Å². The molecule has 3 aromatic rings. The number of amides is 1. The van der Waals surface area contributed by atoms with Crippen LogP contribution < -0.4 is 10.0 Å². The van der Waals surface area contributed by atoms with Crippen molar-refractivity contribution in [3.05, 3.63) is 94.2 Å². The largest absolute Gasteiger partial charge is 0.419 e. The number of halogens is 5. The summed E-state index contributed by atoms with van der Waals surface area (Å²) in [5.74, 6) is -2.39. The van der Waals surface area contributed by atoms with Crippen LogP contribution in [0.25, 0.3) is 0 Å². The van der Waals surface area contributed by atoms with Gasteiger partial charge in [0.25, 0.3) is 0 Å². The highest BCUT2D eigenvalue weighted by atomic mass is 79.9. The molecule has 0 bridgehead atoms. The van der Waals surface area contributed by atoms with Gasteiger partial charge in [0.1, 0.15) is 11.9 Å². The summed E-state index contributed by atoms with van der Waals surface area (Å²) in [6.07, 6.45) is -5.03. The maximum absolute atomic E-state index is 13.6. The summed E-state index contributed by atoms with van der Waals surface area (Å²) in [7, 11) is -4.14. The van der Waals surface area contributed by atoms with Crippen LogP contribution in [-0.4, -0.2) is 20.4 Å². The highest BCUT2D eigenvalue weighted by molar-refractivity contribution is 9.10. The summed E-state index contributed by atoms with van der Waals surface area (Å²) in [5, 5.41) is 2.25. The molecular weight excluding hydrogens is 528 g/mol. The number of carbonyl (C=O) groups is 1. The molecule has 0 saturated carbocycles. The predicted molar refractivity (Wildman–Crippen MR) is 118 cm³/mol. The number of alkyl halides is 3. The zero-order chi connectivity index (χ0) is 24.2. The molecule has 5 nitrogen and oxygen atoms in total. The second-order valence-electron chi connectivity index (χ2n) is 7.00. The lowest BCUT2D eigenvalue weighted by molar-refractivity contribution is -0.140. The Kier molecular flexibility index (Phi) is 7.55. The molecule has 1 atom stereocenters. The number of sulfonamides is 1. The molecular formula is C22H17BrF4N2O3S. The molecule has 0 fully saturated rings. The van der Waals surface area contributed by atoms with Crippen LogP contribution in [0.4, 0.5) is 23.2 Å². The van der Waals surface area contributed by atoms with E-state index in [1.807, 2.05) is 0 Å². The zero-order valence-corrected chi connectivity index (χ0v) is 19.1. The Morgan fingerprint density at radius 2 is 1.61 bits per heavy atom. The van der Waals surface area contributed by atoms with Gasteiger partial charge in [0.2, 0.25) is 15.9 Å². The minimum Gasteiger partial charge on any atom is -0.325 e. The third-order valence-electron chi connectivity index (χ3n) is 4.56. The van der Waals surface area contributed by atoms with E-state index >= 15 is 0 Å². The second-order valence-corrected chi connectivity index (χ2v) is 9.63. The van der Waals surface area contributed by atoms with E-state index in [2.05, 4.69) is 26.0 Å². The van der Waals surface area contributed by atoms with Gasteiger partial charge in [-0.2, -0.15) is 17.9 Å². The van der Waals surface area contributed by atoms with Gasteiger partial charge in [-0.25, -0.2) is 12.8 Å². The molecule has 1 amide bonds. The van der Waals surface area contributed by atoms with Crippen LogP contribution in [0, 0.1) is 5.82 Å². The molecule has 0 aromatic heterocycles. The Balaban J connectivity index is 1.89. The highest BCUT2D eigenvalue weighted by Gasteiger charge is 2.34. The summed E-state index contributed by atoms with van der Waals surface area (Å²) >= 11 is 3.21. The van der Waals surface area contributed by atoms with E-state index in [-0.39, 0.29) is 17.0 Å². The molecule has 3 aromatic carbocycles. The lowest BCUT2D eigenvalue weighted by atomic mass is 10.1. The van der Waals surface area contributed by atoms with Gasteiger partial charge in [0.15, 0.2) is 0 Å². The van der Waals surface area contributed by atoms with Gasteiger partial charge in [-0.3, -0.25) is 4.79 Å². The number of anilines is 1. The summed E-state index contributed by atoms with van der Waals surface area (Å²) in [6.45, 7) is 0. The fraction of sp³-hybridized carbons (Fsp3) is 0.136. The first-order chi connectivity index (χ1) is 15.5. The number of benzene rings is 3. The fourth-order valence-electron chi connectivity index (χ4n) is 2.96. The normalized spacial score (nSPS) is 12.9. The molecule has 33 heavy (non-hydrogen) atoms. The second kappa shape index (κ2) is 10.0. The van der Waals surface area contributed by atoms with Gasteiger partial charge in [0, 0.05) is 10.2 Å². The molecule has 0 aliphatic rings. The average Bonchev–Trinajstić information content (AvgIpc) is 2.74. The van der Waals surface area contributed by atoms with Crippen molar-refractivity contribution in [1.29, 1.82) is 0 Å². The summed E-state index contributed by atoms with van der Waals surface area (Å²) < 4.78 is 81.2. The van der Waals surface area contributed by atoms with Crippen LogP contribution in [-0.2, 0) is 27.4 Å². The van der Waals surface area contributed by atoms with Crippen LogP contribution in [0.15, 0.2) is 82.2 Å². The first kappa shape index (κ1) is 24.9. The van der Waals surface area contributed by atoms with Gasteiger partial charge in [0.05, 0.1) is 10.5 Å². The summed E-state index contributed by atoms with van der Waals surface area (Å²) in [4.78, 5) is 12.8. The van der Waals surface area contributed by atoms with Crippen LogP contribution in [0.1, 0.15) is 11.1 Å². The minimum absolute atomic E-state index is 0.0737. The first-order valence-corrected chi connectivity index (χ1v) is 11.7. The number of carbonyl (C=O) groups excluding carboxylic acids is 1. The van der Waals surface area contributed by atoms with E-state index in [1.165, 1.54) is 24.3 Å². The Hall–Kier alpha value is -2.76. The number of hydrogen-bond acceptors (Lipinski definition) is 3. The van der Waals surface area contributed by atoms with Crippen LogP contribution in [0.5, 0.6) is 0 Å². The fourth-order valence-corrected chi connectivity index (χ4v) is 4.42. The minimum atomic E-state index is -4.96. The number of rotatable bonds is 7. The quantitative estimate of drug-likeness (QED) is 0.404. The number of hydrogen-bond donors (Lipinski definition) is 2. The monoisotopic (exact) mass is 544 g/mol. The Morgan fingerprint density at radius 1 is 0.970 bits per heavy atom. The van der Waals surface area contributed by atoms with Gasteiger partial charge >= 0.3 is 6.18 Å². The topological polar surface area (TPSA) is 75.3 Å². The zero-order valence-electron chi connectivity index (χ0n) is 16.7. The maximum Gasteiger partial charge on any atom is 0.419 e. The summed E-state index contributed by atoms with van der Waals surface area (Å²) in [5.41, 5.74) is -1.25. The van der Waals surface area contributed by atoms with Crippen LogP contribution >= 0.6 is 15.9 Å². The molecule has 11 heteroatoms. The summed E-state index contributed by atoms with van der Waals surface area (Å²) in [6, 6.07) is 14.8. The number of nitrogens with one attached hydrogen (secondary N) is 2. The molecule has 0 aliphatic carbocycles. The van der Waals surface area contributed by atoms with Crippen molar-refractivity contribution >= 4 is 37.5 Å². The van der Waals surface area contributed by atoms with Gasteiger partial charge in [-0.1, -0.05) is 46.3 Å². The maximum atomic E-state index is 13.6. The SMILES string of the molecule is O=C(Nc1ccc(F)c(C(F)(F)F)c1)[C@@H](Cc1ccccc1)NS(=O)(=O)c1ccc(Br)cc1. The molecule has 0 saturated heterocycles. The molecule has 0 unspecified atom stereocenters. The molecule has 3 rings (SSSR count). The van der Waals surface area contributed by atoms with Crippen molar-refractivity contribution in [2.75, 3.05) is 5.32 Å². The van der Waals surface area contributed by atoms with E-state index in [0.717, 1.165) is 6.07 Å². The Labute approximate surface area is 196 Å². The highest BCUT2D eigenvalue weighted by Crippen LogP contribution is 2.33. The van der Waals surface area contributed by atoms with Crippen molar-refractivity contribution in [3.63, 3.8) is 0 Å². The Morgan fingerprint density at radius 3 is 2.21 bits per heavy atom. The van der Waals surface area contributed by atoms with Gasteiger partial charge in [-0.15, -0.1) is 0 Å². The van der Waals surface area contributed by atoms with Gasteiger partial charge < -0.3 is 5.32 Å². The molecule has 0 spiro atoms. The van der Waals surface area contributed by atoms with E-state index in [4.69, 9.17) is 0 Å². The Bertz CT molecular complexity index is 1230. The molecule has 0 aliphatic heterocycles. The van der Waals surface area contributed by atoms with E-state index < -0.39 is 39.5 Å². The molecule has 0 radical (unpaired) electrons. The lowest BCUT2D eigenvalue weighted by Crippen LogP contribution is -2.45. The smallest absolute Gasteiger partial charge is 0.325 e. The van der Waals surface area contributed by atoms with Crippen molar-refractivity contribution in [3.8, 4) is 0 Å². The van der Waals surface area contributed by atoms with E-state index in [1.54, 1.807) is 30.3 Å². The van der Waals surface area contributed by atoms with E-state index in [0.29, 0.717) is 22.2 Å². The third kappa shape index (κ3) is 6.62. The van der Waals surface area contributed by atoms with Crippen molar-refractivity contribution < 1.29 is 30.8 Å². The molecule has 0 heterocycles. The van der Waals surface area contributed by atoms with E-state index in [9.17, 15) is 30.8 Å². The van der Waals surface area contributed by atoms with Gasteiger partial charge in [-0.05, 0) is 54.4 Å². The molecule has 174 valence electrons. The van der Waals surface area contributed by atoms with Crippen molar-refractivity contribution in [1.82, 2.24) is 4.72 Å². The third-order valence-corrected chi connectivity index (χ3v) is 6.58. The average molecular weight is 545 g/mol. The van der Waals surface area contributed by atoms with Crippen LogP contribution in [0.2, 0.25) is 0 Å². The molecule has 2 N–H and O–H groups in total. The predicted octanol–water partition coefficient (Wildman–Crippen LogP) is 5.14. The first-order valence-electron chi connectivity index (χ1n) is 9.45.